The number of hydrazone groups is 1. The summed E-state index contributed by atoms with van der Waals surface area (Å²) in [5.41, 5.74) is 12.9. The van der Waals surface area contributed by atoms with Crippen LogP contribution in [-0.2, 0) is 6.61 Å². The van der Waals surface area contributed by atoms with Crippen LogP contribution in [0.3, 0.4) is 0 Å². The second kappa shape index (κ2) is 9.74. The van der Waals surface area contributed by atoms with Crippen LogP contribution in [0.25, 0.3) is 10.9 Å². The number of nitrogens with one attached hydrogen (secondary N) is 3. The first-order chi connectivity index (χ1) is 16.0. The van der Waals surface area contributed by atoms with Gasteiger partial charge in [0.2, 0.25) is 0 Å². The van der Waals surface area contributed by atoms with E-state index in [1.807, 2.05) is 85.8 Å². The molecule has 7 nitrogen and oxygen atoms in total. The van der Waals surface area contributed by atoms with Gasteiger partial charge in [-0.25, -0.2) is 0 Å². The quantitative estimate of drug-likeness (QED) is 0.235. The minimum absolute atomic E-state index is 0.225. The number of hydrogen-bond donors (Lipinski definition) is 4. The molecule has 0 radical (unpaired) electrons. The molecule has 5 N–H and O–H groups in total. The molecular weight excluding hydrogens is 414 g/mol. The number of amides is 1. The number of fused-ring (bicyclic) bond motifs is 1. The van der Waals surface area contributed by atoms with Crippen molar-refractivity contribution in [2.24, 2.45) is 10.8 Å². The first-order valence-electron chi connectivity index (χ1n) is 10.4. The third kappa shape index (κ3) is 5.59. The Hall–Kier alpha value is -4.52. The third-order valence-corrected chi connectivity index (χ3v) is 5.01. The molecule has 33 heavy (non-hydrogen) atoms. The minimum Gasteiger partial charge on any atom is -0.489 e. The zero-order valence-electron chi connectivity index (χ0n) is 18.3. The molecule has 0 atom stereocenters. The molecule has 4 rings (SSSR count). The molecule has 1 aromatic heterocycles. The van der Waals surface area contributed by atoms with Gasteiger partial charge in [-0.3, -0.25) is 10.2 Å². The van der Waals surface area contributed by atoms with Gasteiger partial charge < -0.3 is 20.8 Å². The average molecular weight is 440 g/mol. The lowest BCUT2D eigenvalue weighted by molar-refractivity contribution is 0.102. The largest absolute Gasteiger partial charge is 0.489 e. The number of carbonyl (C=O) groups excluding carboxylic acids is 1. The van der Waals surface area contributed by atoms with Gasteiger partial charge in [0.1, 0.15) is 23.9 Å². The van der Waals surface area contributed by atoms with Crippen LogP contribution in [0.2, 0.25) is 0 Å². The van der Waals surface area contributed by atoms with Gasteiger partial charge >= 0.3 is 0 Å². The van der Waals surface area contributed by atoms with E-state index >= 15 is 0 Å². The highest BCUT2D eigenvalue weighted by atomic mass is 16.5. The lowest BCUT2D eigenvalue weighted by Crippen LogP contribution is -2.15. The lowest BCUT2D eigenvalue weighted by atomic mass is 10.1. The van der Waals surface area contributed by atoms with Gasteiger partial charge in [-0.2, -0.15) is 5.10 Å². The number of nitrogens with two attached hydrogens (primary N) is 1. The summed E-state index contributed by atoms with van der Waals surface area (Å²) in [5, 5.41) is 7.94. The highest BCUT2D eigenvalue weighted by Crippen LogP contribution is 2.23. The topological polar surface area (TPSA) is 105 Å². The molecule has 1 heterocycles. The zero-order chi connectivity index (χ0) is 23.2. The maximum absolute atomic E-state index is 12.7. The number of H-pyrrole nitrogens is 1. The Morgan fingerprint density at radius 3 is 2.55 bits per heavy atom. The molecule has 0 spiro atoms. The van der Waals surface area contributed by atoms with E-state index in [0.717, 1.165) is 33.5 Å². The van der Waals surface area contributed by atoms with Gasteiger partial charge in [0.05, 0.1) is 5.71 Å². The van der Waals surface area contributed by atoms with E-state index in [-0.39, 0.29) is 11.7 Å². The molecule has 7 heteroatoms. The summed E-state index contributed by atoms with van der Waals surface area (Å²) < 4.78 is 5.89. The molecule has 0 aliphatic carbocycles. The van der Waals surface area contributed by atoms with Crippen LogP contribution in [0, 0.1) is 0 Å². The summed E-state index contributed by atoms with van der Waals surface area (Å²) in [6.45, 7) is 5.88. The number of anilines is 1. The number of benzene rings is 3. The Kier molecular flexibility index (Phi) is 6.40. The lowest BCUT2D eigenvalue weighted by Gasteiger charge is -2.06. The SMILES string of the molecule is C=C(N)N/N=C(\C)c1ccc(NC(=O)c2cc3cc(OCc4ccccc4)ccc3[nH]2)cc1. The van der Waals surface area contributed by atoms with Gasteiger partial charge in [0.25, 0.3) is 5.91 Å². The molecule has 0 saturated carbocycles. The van der Waals surface area contributed by atoms with Crippen molar-refractivity contribution in [3.05, 3.63) is 108 Å². The number of nitrogens with zero attached hydrogens (tertiary/aromatic N) is 1. The first-order valence-corrected chi connectivity index (χ1v) is 10.4. The molecule has 166 valence electrons. The second-order valence-electron chi connectivity index (χ2n) is 7.57. The van der Waals surface area contributed by atoms with Gasteiger partial charge in [-0.1, -0.05) is 49.0 Å². The van der Waals surface area contributed by atoms with Crippen LogP contribution in [0.1, 0.15) is 28.5 Å². The van der Waals surface area contributed by atoms with Gasteiger partial charge in [0, 0.05) is 16.6 Å². The predicted octanol–water partition coefficient (Wildman–Crippen LogP) is 4.74. The maximum Gasteiger partial charge on any atom is 0.272 e. The fourth-order valence-corrected chi connectivity index (χ4v) is 3.28. The molecule has 0 bridgehead atoms. The fraction of sp³-hybridized carbons (Fsp3) is 0.0769. The van der Waals surface area contributed by atoms with Crippen molar-refractivity contribution >= 4 is 28.2 Å². The highest BCUT2D eigenvalue weighted by molar-refractivity contribution is 6.06. The van der Waals surface area contributed by atoms with Crippen LogP contribution in [-0.4, -0.2) is 16.6 Å². The molecule has 0 saturated heterocycles. The van der Waals surface area contributed by atoms with Crippen LogP contribution in [0.15, 0.2) is 96.4 Å². The monoisotopic (exact) mass is 439 g/mol. The van der Waals surface area contributed by atoms with Crippen LogP contribution in [0.5, 0.6) is 5.75 Å². The van der Waals surface area contributed by atoms with E-state index in [0.29, 0.717) is 18.0 Å². The van der Waals surface area contributed by atoms with Gasteiger partial charge in [-0.15, -0.1) is 0 Å². The molecule has 4 aromatic rings. The molecule has 0 fully saturated rings. The van der Waals surface area contributed by atoms with Crippen molar-refractivity contribution < 1.29 is 9.53 Å². The Morgan fingerprint density at radius 1 is 1.06 bits per heavy atom. The van der Waals surface area contributed by atoms with Crippen molar-refractivity contribution in [1.29, 1.82) is 0 Å². The van der Waals surface area contributed by atoms with Crippen molar-refractivity contribution in [3.63, 3.8) is 0 Å². The van der Waals surface area contributed by atoms with E-state index in [2.05, 4.69) is 27.4 Å². The Balaban J connectivity index is 1.41. The first kappa shape index (κ1) is 21.7. The molecule has 3 aromatic carbocycles. The smallest absolute Gasteiger partial charge is 0.272 e. The number of rotatable bonds is 8. The number of aromatic amines is 1. The van der Waals surface area contributed by atoms with E-state index < -0.39 is 0 Å². The fourth-order valence-electron chi connectivity index (χ4n) is 3.28. The van der Waals surface area contributed by atoms with Crippen LogP contribution >= 0.6 is 0 Å². The van der Waals surface area contributed by atoms with Gasteiger partial charge in [-0.05, 0) is 54.4 Å². The summed E-state index contributed by atoms with van der Waals surface area (Å²) in [6.07, 6.45) is 0. The Morgan fingerprint density at radius 2 is 1.82 bits per heavy atom. The zero-order valence-corrected chi connectivity index (χ0v) is 18.3. The molecule has 0 aliphatic rings. The van der Waals surface area contributed by atoms with Crippen molar-refractivity contribution in [3.8, 4) is 5.75 Å². The number of carbonyl (C=O) groups is 1. The predicted molar refractivity (Wildman–Crippen MR) is 132 cm³/mol. The van der Waals surface area contributed by atoms with E-state index in [4.69, 9.17) is 10.5 Å². The van der Waals surface area contributed by atoms with Crippen LogP contribution < -0.4 is 21.2 Å². The van der Waals surface area contributed by atoms with Crippen LogP contribution in [0.4, 0.5) is 5.69 Å². The molecule has 0 unspecified atom stereocenters. The molecule has 1 amide bonds. The van der Waals surface area contributed by atoms with Crippen molar-refractivity contribution in [2.45, 2.75) is 13.5 Å². The summed E-state index contributed by atoms with van der Waals surface area (Å²) in [6, 6.07) is 24.9. The summed E-state index contributed by atoms with van der Waals surface area (Å²) in [5.74, 6) is 0.793. The summed E-state index contributed by atoms with van der Waals surface area (Å²) in [7, 11) is 0. The summed E-state index contributed by atoms with van der Waals surface area (Å²) in [4.78, 5) is 15.9. The molecular formula is C26H25N5O2. The Bertz CT molecular complexity index is 1310. The van der Waals surface area contributed by atoms with E-state index in [9.17, 15) is 4.79 Å². The normalized spacial score (nSPS) is 11.2. The standard InChI is InChI=1S/C26H25N5O2/c1-17(30-31-18(2)27)20-8-10-22(11-9-20)28-26(32)25-15-21-14-23(12-13-24(21)29-25)33-16-19-6-4-3-5-7-19/h3-15,29,31H,2,16,27H2,1H3,(H,28,32)/b30-17+. The van der Waals surface area contributed by atoms with Gasteiger partial charge in [0.15, 0.2) is 0 Å². The van der Waals surface area contributed by atoms with E-state index in [1.54, 1.807) is 0 Å². The maximum atomic E-state index is 12.7. The summed E-state index contributed by atoms with van der Waals surface area (Å²) >= 11 is 0. The third-order valence-electron chi connectivity index (χ3n) is 5.01. The number of hydrogen-bond acceptors (Lipinski definition) is 5. The number of ether oxygens (including phenoxy) is 1. The average Bonchev–Trinajstić information content (AvgIpc) is 3.26. The second-order valence-corrected chi connectivity index (χ2v) is 7.57. The van der Waals surface area contributed by atoms with Crippen molar-refractivity contribution in [1.82, 2.24) is 10.4 Å². The molecule has 0 aliphatic heterocycles. The Labute approximate surface area is 192 Å². The minimum atomic E-state index is -0.225. The van der Waals surface area contributed by atoms with E-state index in [1.165, 1.54) is 0 Å². The highest BCUT2D eigenvalue weighted by Gasteiger charge is 2.11. The van der Waals surface area contributed by atoms with Crippen molar-refractivity contribution in [2.75, 3.05) is 5.32 Å². The number of aromatic nitrogens is 1.